The number of ether oxygens (including phenoxy) is 1. The smallest absolute Gasteiger partial charge is 0.265 e. The summed E-state index contributed by atoms with van der Waals surface area (Å²) < 4.78 is 5.48. The van der Waals surface area contributed by atoms with Gasteiger partial charge in [0.2, 0.25) is 11.8 Å². The maximum absolute atomic E-state index is 12.6. The standard InChI is InChI=1S/C19H23N3O4/c23-17(21-8-2-1-3-9-21)11-22-15-10-14(20-19(25)13-4-5-13)6-7-16(15)26-12-18(22)24/h6-7,10,13H,1-5,8-9,11-12H2,(H,20,25). The van der Waals surface area contributed by atoms with E-state index in [0.717, 1.165) is 45.2 Å². The van der Waals surface area contributed by atoms with Crippen molar-refractivity contribution in [3.63, 3.8) is 0 Å². The van der Waals surface area contributed by atoms with E-state index in [9.17, 15) is 14.4 Å². The van der Waals surface area contributed by atoms with E-state index in [0.29, 0.717) is 17.1 Å². The zero-order chi connectivity index (χ0) is 18.1. The lowest BCUT2D eigenvalue weighted by molar-refractivity contribution is -0.132. The van der Waals surface area contributed by atoms with Crippen molar-refractivity contribution in [2.45, 2.75) is 32.1 Å². The van der Waals surface area contributed by atoms with Crippen molar-refractivity contribution in [2.75, 3.05) is 36.5 Å². The summed E-state index contributed by atoms with van der Waals surface area (Å²) in [5.74, 6) is 0.372. The van der Waals surface area contributed by atoms with E-state index < -0.39 is 0 Å². The highest BCUT2D eigenvalue weighted by Crippen LogP contribution is 2.36. The van der Waals surface area contributed by atoms with E-state index in [4.69, 9.17) is 4.74 Å². The van der Waals surface area contributed by atoms with Crippen molar-refractivity contribution < 1.29 is 19.1 Å². The average Bonchev–Trinajstić information content (AvgIpc) is 3.50. The van der Waals surface area contributed by atoms with Gasteiger partial charge >= 0.3 is 0 Å². The first-order chi connectivity index (χ1) is 12.6. The number of rotatable bonds is 4. The third-order valence-corrected chi connectivity index (χ3v) is 5.12. The van der Waals surface area contributed by atoms with E-state index >= 15 is 0 Å². The number of fused-ring (bicyclic) bond motifs is 1. The molecule has 1 N–H and O–H groups in total. The molecule has 2 fully saturated rings. The van der Waals surface area contributed by atoms with Gasteiger partial charge in [0.15, 0.2) is 6.61 Å². The number of amides is 3. The topological polar surface area (TPSA) is 79.0 Å². The highest BCUT2D eigenvalue weighted by molar-refractivity contribution is 6.03. The van der Waals surface area contributed by atoms with Crippen molar-refractivity contribution in [3.05, 3.63) is 18.2 Å². The fourth-order valence-electron chi connectivity index (χ4n) is 3.42. The highest BCUT2D eigenvalue weighted by atomic mass is 16.5. The first-order valence-corrected chi connectivity index (χ1v) is 9.27. The monoisotopic (exact) mass is 357 g/mol. The lowest BCUT2D eigenvalue weighted by atomic mass is 10.1. The number of likely N-dealkylation sites (tertiary alicyclic amines) is 1. The number of benzene rings is 1. The lowest BCUT2D eigenvalue weighted by Crippen LogP contribution is -2.47. The van der Waals surface area contributed by atoms with Crippen LogP contribution in [-0.4, -0.2) is 48.9 Å². The van der Waals surface area contributed by atoms with Crippen LogP contribution in [0.1, 0.15) is 32.1 Å². The number of carbonyl (C=O) groups is 3. The summed E-state index contributed by atoms with van der Waals surface area (Å²) in [4.78, 5) is 40.3. The summed E-state index contributed by atoms with van der Waals surface area (Å²) in [6, 6.07) is 5.22. The molecular formula is C19H23N3O4. The first kappa shape index (κ1) is 16.9. The number of nitrogens with one attached hydrogen (secondary N) is 1. The Morgan fingerprint density at radius 3 is 2.65 bits per heavy atom. The Labute approximate surface area is 152 Å². The average molecular weight is 357 g/mol. The van der Waals surface area contributed by atoms with Crippen LogP contribution in [0.4, 0.5) is 11.4 Å². The van der Waals surface area contributed by atoms with Crippen molar-refractivity contribution in [3.8, 4) is 5.75 Å². The summed E-state index contributed by atoms with van der Waals surface area (Å²) in [6.07, 6.45) is 5.02. The number of anilines is 2. The van der Waals surface area contributed by atoms with E-state index in [-0.39, 0.29) is 36.8 Å². The molecule has 0 spiro atoms. The maximum atomic E-state index is 12.6. The maximum Gasteiger partial charge on any atom is 0.265 e. The number of hydrogen-bond donors (Lipinski definition) is 1. The van der Waals surface area contributed by atoms with Crippen LogP contribution in [0.15, 0.2) is 18.2 Å². The van der Waals surface area contributed by atoms with E-state index in [2.05, 4.69) is 5.32 Å². The van der Waals surface area contributed by atoms with Crippen LogP contribution in [0.3, 0.4) is 0 Å². The summed E-state index contributed by atoms with van der Waals surface area (Å²) in [6.45, 7) is 1.44. The Morgan fingerprint density at radius 1 is 1.15 bits per heavy atom. The van der Waals surface area contributed by atoms with Gasteiger partial charge in [0.05, 0.1) is 5.69 Å². The molecule has 4 rings (SSSR count). The molecule has 3 aliphatic rings. The Hall–Kier alpha value is -2.57. The molecule has 1 aromatic rings. The molecule has 0 unspecified atom stereocenters. The fraction of sp³-hybridized carbons (Fsp3) is 0.526. The van der Waals surface area contributed by atoms with Crippen LogP contribution in [0.25, 0.3) is 0 Å². The first-order valence-electron chi connectivity index (χ1n) is 9.27. The van der Waals surface area contributed by atoms with E-state index in [1.54, 1.807) is 18.2 Å². The molecule has 2 heterocycles. The molecule has 1 aliphatic carbocycles. The molecular weight excluding hydrogens is 334 g/mol. The van der Waals surface area contributed by atoms with Crippen LogP contribution < -0.4 is 15.0 Å². The molecule has 138 valence electrons. The summed E-state index contributed by atoms with van der Waals surface area (Å²) in [5.41, 5.74) is 1.16. The molecule has 0 aromatic heterocycles. The minimum absolute atomic E-state index is 0.00366. The quantitative estimate of drug-likeness (QED) is 0.891. The zero-order valence-electron chi connectivity index (χ0n) is 14.7. The van der Waals surface area contributed by atoms with Gasteiger partial charge in [-0.25, -0.2) is 0 Å². The van der Waals surface area contributed by atoms with Gasteiger partial charge in [0.1, 0.15) is 12.3 Å². The summed E-state index contributed by atoms with van der Waals surface area (Å²) >= 11 is 0. The molecule has 2 aliphatic heterocycles. The van der Waals surface area contributed by atoms with Crippen molar-refractivity contribution >= 4 is 29.1 Å². The van der Waals surface area contributed by atoms with Crippen LogP contribution in [0.5, 0.6) is 5.75 Å². The van der Waals surface area contributed by atoms with Crippen molar-refractivity contribution in [1.29, 1.82) is 0 Å². The minimum Gasteiger partial charge on any atom is -0.482 e. The zero-order valence-corrected chi connectivity index (χ0v) is 14.7. The van der Waals surface area contributed by atoms with Gasteiger partial charge < -0.3 is 15.0 Å². The Kier molecular flexibility index (Phi) is 4.53. The molecule has 1 saturated heterocycles. The van der Waals surface area contributed by atoms with Gasteiger partial charge in [0, 0.05) is 24.7 Å². The third-order valence-electron chi connectivity index (χ3n) is 5.12. The summed E-state index contributed by atoms with van der Waals surface area (Å²) in [7, 11) is 0. The predicted octanol–water partition coefficient (Wildman–Crippen LogP) is 1.77. The lowest BCUT2D eigenvalue weighted by Gasteiger charge is -2.33. The minimum atomic E-state index is -0.242. The molecule has 0 bridgehead atoms. The SMILES string of the molecule is O=C(Nc1ccc2c(c1)N(CC(=O)N1CCCCC1)C(=O)CO2)C1CC1. The van der Waals surface area contributed by atoms with Gasteiger partial charge in [0.25, 0.3) is 5.91 Å². The molecule has 3 amide bonds. The molecule has 1 saturated carbocycles. The summed E-state index contributed by atoms with van der Waals surface area (Å²) in [5, 5.41) is 2.88. The Balaban J connectivity index is 1.52. The molecule has 0 radical (unpaired) electrons. The van der Waals surface area contributed by atoms with Gasteiger partial charge in [-0.05, 0) is 50.3 Å². The number of hydrogen-bond acceptors (Lipinski definition) is 4. The van der Waals surface area contributed by atoms with Gasteiger partial charge in [-0.15, -0.1) is 0 Å². The van der Waals surface area contributed by atoms with Gasteiger partial charge in [-0.3, -0.25) is 19.3 Å². The Morgan fingerprint density at radius 2 is 1.92 bits per heavy atom. The fourth-order valence-corrected chi connectivity index (χ4v) is 3.42. The number of piperidine rings is 1. The van der Waals surface area contributed by atoms with Crippen LogP contribution >= 0.6 is 0 Å². The number of nitrogens with zero attached hydrogens (tertiary/aromatic N) is 2. The van der Waals surface area contributed by atoms with Crippen LogP contribution in [-0.2, 0) is 14.4 Å². The van der Waals surface area contributed by atoms with Crippen molar-refractivity contribution in [2.24, 2.45) is 5.92 Å². The molecule has 0 atom stereocenters. The van der Waals surface area contributed by atoms with Gasteiger partial charge in [-0.2, -0.15) is 0 Å². The third kappa shape index (κ3) is 3.52. The van der Waals surface area contributed by atoms with Crippen LogP contribution in [0.2, 0.25) is 0 Å². The number of carbonyl (C=O) groups excluding carboxylic acids is 3. The predicted molar refractivity (Wildman–Crippen MR) is 96.1 cm³/mol. The van der Waals surface area contributed by atoms with E-state index in [1.807, 2.05) is 4.90 Å². The molecule has 7 nitrogen and oxygen atoms in total. The molecule has 26 heavy (non-hydrogen) atoms. The largest absolute Gasteiger partial charge is 0.482 e. The highest BCUT2D eigenvalue weighted by Gasteiger charge is 2.32. The van der Waals surface area contributed by atoms with Crippen molar-refractivity contribution in [1.82, 2.24) is 4.90 Å². The van der Waals surface area contributed by atoms with E-state index in [1.165, 1.54) is 4.90 Å². The van der Waals surface area contributed by atoms with Crippen LogP contribution in [0, 0.1) is 5.92 Å². The second-order valence-electron chi connectivity index (χ2n) is 7.16. The Bertz CT molecular complexity index is 738. The molecule has 7 heteroatoms. The second-order valence-corrected chi connectivity index (χ2v) is 7.16. The molecule has 1 aromatic carbocycles. The van der Waals surface area contributed by atoms with Gasteiger partial charge in [-0.1, -0.05) is 0 Å². The second kappa shape index (κ2) is 6.97. The normalized spacial score (nSPS) is 19.6.